The van der Waals surface area contributed by atoms with Gasteiger partial charge >= 0.3 is 0 Å². The van der Waals surface area contributed by atoms with E-state index in [9.17, 15) is 0 Å². The van der Waals surface area contributed by atoms with Gasteiger partial charge < -0.3 is 14.8 Å². The number of rotatable bonds is 6. The monoisotopic (exact) mass is 313 g/mol. The summed E-state index contributed by atoms with van der Waals surface area (Å²) in [6, 6.07) is 8.68. The Balaban J connectivity index is 2.04. The zero-order valence-electron chi connectivity index (χ0n) is 10.9. The molecule has 1 aliphatic heterocycles. The van der Waals surface area contributed by atoms with Crippen LogP contribution in [0.2, 0.25) is 0 Å². The Labute approximate surface area is 117 Å². The van der Waals surface area contributed by atoms with Gasteiger partial charge in [0.05, 0.1) is 19.3 Å². The van der Waals surface area contributed by atoms with Crippen LogP contribution in [-0.4, -0.2) is 31.9 Å². The van der Waals surface area contributed by atoms with E-state index in [1.54, 1.807) is 0 Å². The molecule has 0 spiro atoms. The van der Waals surface area contributed by atoms with E-state index in [0.717, 1.165) is 11.0 Å². The molecule has 1 aliphatic rings. The molecule has 0 radical (unpaired) electrons. The van der Waals surface area contributed by atoms with Gasteiger partial charge in [-0.15, -0.1) is 0 Å². The van der Waals surface area contributed by atoms with Gasteiger partial charge in [0.25, 0.3) is 0 Å². The molecule has 100 valence electrons. The van der Waals surface area contributed by atoms with Crippen molar-refractivity contribution in [2.45, 2.75) is 32.1 Å². The molecule has 0 amide bonds. The Hall–Kier alpha value is -0.420. The Kier molecular flexibility index (Phi) is 5.18. The third-order valence-corrected chi connectivity index (χ3v) is 3.65. The lowest BCUT2D eigenvalue weighted by atomic mass is 10.1. The van der Waals surface area contributed by atoms with Crippen LogP contribution in [0.5, 0.6) is 0 Å². The van der Waals surface area contributed by atoms with Crippen molar-refractivity contribution in [2.75, 3.05) is 19.8 Å². The third kappa shape index (κ3) is 3.79. The second-order valence-electron chi connectivity index (χ2n) is 4.87. The average molecular weight is 314 g/mol. The minimum Gasteiger partial charge on any atom is -0.376 e. The smallest absolute Gasteiger partial charge is 0.105 e. The predicted molar refractivity (Wildman–Crippen MR) is 75.7 cm³/mol. The van der Waals surface area contributed by atoms with Gasteiger partial charge in [-0.05, 0) is 11.6 Å². The number of ether oxygens (including phenoxy) is 2. The highest BCUT2D eigenvalue weighted by Gasteiger charge is 2.25. The summed E-state index contributed by atoms with van der Waals surface area (Å²) in [6.45, 7) is 6.52. The molecular formula is C14H20BrNO2. The molecule has 0 saturated carbocycles. The first-order valence-electron chi connectivity index (χ1n) is 6.38. The van der Waals surface area contributed by atoms with Crippen LogP contribution in [0.1, 0.15) is 25.5 Å². The van der Waals surface area contributed by atoms with Crippen molar-refractivity contribution in [3.63, 3.8) is 0 Å². The molecule has 1 fully saturated rings. The first-order chi connectivity index (χ1) is 8.66. The van der Waals surface area contributed by atoms with Crippen LogP contribution < -0.4 is 5.32 Å². The maximum Gasteiger partial charge on any atom is 0.105 e. The van der Waals surface area contributed by atoms with Crippen molar-refractivity contribution >= 4 is 15.9 Å². The summed E-state index contributed by atoms with van der Waals surface area (Å²) in [5.41, 5.74) is 1.19. The molecule has 0 bridgehead atoms. The van der Waals surface area contributed by atoms with E-state index in [2.05, 4.69) is 47.2 Å². The zero-order valence-corrected chi connectivity index (χ0v) is 12.4. The maximum atomic E-state index is 6.09. The lowest BCUT2D eigenvalue weighted by Crippen LogP contribution is -2.40. The molecule has 1 aromatic carbocycles. The van der Waals surface area contributed by atoms with Gasteiger partial charge in [0.2, 0.25) is 0 Å². The molecule has 1 unspecified atom stereocenters. The number of hydrogen-bond acceptors (Lipinski definition) is 3. The second kappa shape index (κ2) is 6.66. The van der Waals surface area contributed by atoms with Crippen molar-refractivity contribution in [1.82, 2.24) is 5.32 Å². The largest absolute Gasteiger partial charge is 0.376 e. The predicted octanol–water partition coefficient (Wildman–Crippen LogP) is 2.90. The van der Waals surface area contributed by atoms with Gasteiger partial charge in [-0.3, -0.25) is 0 Å². The first-order valence-corrected chi connectivity index (χ1v) is 7.17. The lowest BCUT2D eigenvalue weighted by Gasteiger charge is -2.31. The number of halogens is 1. The minimum absolute atomic E-state index is 0.0666. The summed E-state index contributed by atoms with van der Waals surface area (Å²) >= 11 is 3.59. The Morgan fingerprint density at radius 2 is 2.11 bits per heavy atom. The topological polar surface area (TPSA) is 30.5 Å². The highest BCUT2D eigenvalue weighted by Crippen LogP contribution is 2.27. The molecule has 18 heavy (non-hydrogen) atoms. The minimum atomic E-state index is 0.0666. The molecule has 1 heterocycles. The third-order valence-electron chi connectivity index (χ3n) is 2.93. The van der Waals surface area contributed by atoms with Crippen LogP contribution in [-0.2, 0) is 9.47 Å². The Morgan fingerprint density at radius 3 is 2.67 bits per heavy atom. The van der Waals surface area contributed by atoms with Gasteiger partial charge in [0.1, 0.15) is 6.10 Å². The molecule has 0 aliphatic carbocycles. The molecule has 1 N–H and O–H groups in total. The summed E-state index contributed by atoms with van der Waals surface area (Å²) in [5.74, 6) is 0. The summed E-state index contributed by atoms with van der Waals surface area (Å²) in [6.07, 6.45) is 0.299. The van der Waals surface area contributed by atoms with Crippen molar-refractivity contribution in [2.24, 2.45) is 0 Å². The molecule has 2 rings (SSSR count). The standard InChI is InChI=1S/C14H20BrNO2/c1-10(2)16-7-14(18-11-8-17-9-11)12-5-3-4-6-13(12)15/h3-6,10-11,14,16H,7-9H2,1-2H3. The van der Waals surface area contributed by atoms with Gasteiger partial charge in [0, 0.05) is 17.1 Å². The van der Waals surface area contributed by atoms with Crippen molar-refractivity contribution < 1.29 is 9.47 Å². The van der Waals surface area contributed by atoms with Crippen LogP contribution in [0, 0.1) is 0 Å². The van der Waals surface area contributed by atoms with E-state index < -0.39 is 0 Å². The molecule has 4 heteroatoms. The van der Waals surface area contributed by atoms with Crippen molar-refractivity contribution in [3.8, 4) is 0 Å². The molecule has 0 aromatic heterocycles. The van der Waals surface area contributed by atoms with Crippen LogP contribution in [0.3, 0.4) is 0 Å². The van der Waals surface area contributed by atoms with Crippen LogP contribution in [0.4, 0.5) is 0 Å². The van der Waals surface area contributed by atoms with Crippen molar-refractivity contribution in [1.29, 1.82) is 0 Å². The Morgan fingerprint density at radius 1 is 1.39 bits per heavy atom. The van der Waals surface area contributed by atoms with Gasteiger partial charge in [-0.1, -0.05) is 48.0 Å². The quantitative estimate of drug-likeness (QED) is 0.876. The normalized spacial score (nSPS) is 17.8. The number of hydrogen-bond donors (Lipinski definition) is 1. The first kappa shape index (κ1) is 14.0. The maximum absolute atomic E-state index is 6.09. The summed E-state index contributed by atoms with van der Waals surface area (Å²) in [4.78, 5) is 0. The molecule has 1 saturated heterocycles. The highest BCUT2D eigenvalue weighted by atomic mass is 79.9. The number of benzene rings is 1. The summed E-state index contributed by atoms with van der Waals surface area (Å²) in [5, 5.41) is 3.44. The van der Waals surface area contributed by atoms with Gasteiger partial charge in [0.15, 0.2) is 0 Å². The average Bonchev–Trinajstić information content (AvgIpc) is 2.28. The van der Waals surface area contributed by atoms with Gasteiger partial charge in [-0.25, -0.2) is 0 Å². The highest BCUT2D eigenvalue weighted by molar-refractivity contribution is 9.10. The van der Waals surface area contributed by atoms with Crippen LogP contribution in [0.25, 0.3) is 0 Å². The lowest BCUT2D eigenvalue weighted by molar-refractivity contribution is -0.155. The molecule has 1 aromatic rings. The Bertz CT molecular complexity index is 380. The fourth-order valence-corrected chi connectivity index (χ4v) is 2.38. The van der Waals surface area contributed by atoms with Crippen LogP contribution >= 0.6 is 15.9 Å². The molecule has 3 nitrogen and oxygen atoms in total. The summed E-state index contributed by atoms with van der Waals surface area (Å²) < 4.78 is 12.4. The van der Waals surface area contributed by atoms with E-state index in [-0.39, 0.29) is 12.2 Å². The fraction of sp³-hybridized carbons (Fsp3) is 0.571. The van der Waals surface area contributed by atoms with E-state index in [0.29, 0.717) is 19.3 Å². The van der Waals surface area contributed by atoms with Crippen molar-refractivity contribution in [3.05, 3.63) is 34.3 Å². The van der Waals surface area contributed by atoms with E-state index >= 15 is 0 Å². The van der Waals surface area contributed by atoms with E-state index in [4.69, 9.17) is 9.47 Å². The SMILES string of the molecule is CC(C)NCC(OC1COC1)c1ccccc1Br. The van der Waals surface area contributed by atoms with E-state index in [1.807, 2.05) is 12.1 Å². The molecular weight excluding hydrogens is 294 g/mol. The summed E-state index contributed by atoms with van der Waals surface area (Å²) in [7, 11) is 0. The second-order valence-corrected chi connectivity index (χ2v) is 5.72. The van der Waals surface area contributed by atoms with Crippen LogP contribution in [0.15, 0.2) is 28.7 Å². The fourth-order valence-electron chi connectivity index (χ4n) is 1.84. The molecule has 1 atom stereocenters. The zero-order chi connectivity index (χ0) is 13.0. The van der Waals surface area contributed by atoms with E-state index in [1.165, 1.54) is 5.56 Å². The number of nitrogens with one attached hydrogen (secondary N) is 1. The van der Waals surface area contributed by atoms with Gasteiger partial charge in [-0.2, -0.15) is 0 Å².